The van der Waals surface area contributed by atoms with E-state index >= 15 is 0 Å². The maximum atomic E-state index is 13.4. The smallest absolute Gasteiger partial charge is 0.263 e. The lowest BCUT2D eigenvalue weighted by atomic mass is 10.1. The second-order valence-corrected chi connectivity index (χ2v) is 8.76. The Balaban J connectivity index is 1.48. The average Bonchev–Trinajstić information content (AvgIpc) is 3.50. The number of thiophene rings is 2. The first-order chi connectivity index (χ1) is 14.6. The summed E-state index contributed by atoms with van der Waals surface area (Å²) < 4.78 is 14.6. The third-order valence-corrected chi connectivity index (χ3v) is 6.83. The van der Waals surface area contributed by atoms with Gasteiger partial charge in [0.15, 0.2) is 0 Å². The first-order valence-corrected chi connectivity index (χ1v) is 11.0. The van der Waals surface area contributed by atoms with Crippen molar-refractivity contribution in [1.29, 1.82) is 0 Å². The lowest BCUT2D eigenvalue weighted by Crippen LogP contribution is -2.33. The molecule has 0 unspecified atom stereocenters. The predicted molar refractivity (Wildman–Crippen MR) is 115 cm³/mol. The lowest BCUT2D eigenvalue weighted by molar-refractivity contribution is -0.133. The van der Waals surface area contributed by atoms with Crippen LogP contribution in [0.5, 0.6) is 0 Å². The summed E-state index contributed by atoms with van der Waals surface area (Å²) in [7, 11) is 0. The van der Waals surface area contributed by atoms with E-state index in [-0.39, 0.29) is 35.0 Å². The Morgan fingerprint density at radius 2 is 2.00 bits per heavy atom. The van der Waals surface area contributed by atoms with Crippen LogP contribution in [-0.2, 0) is 11.3 Å². The van der Waals surface area contributed by atoms with Crippen molar-refractivity contribution in [3.05, 3.63) is 85.5 Å². The second-order valence-electron chi connectivity index (χ2n) is 6.84. The van der Waals surface area contributed by atoms with Crippen LogP contribution in [0, 0.1) is 5.82 Å². The van der Waals surface area contributed by atoms with E-state index in [9.17, 15) is 14.0 Å². The molecule has 0 aliphatic carbocycles. The van der Waals surface area contributed by atoms with Crippen LogP contribution in [0.15, 0.2) is 69.4 Å². The summed E-state index contributed by atoms with van der Waals surface area (Å²) in [6.45, 7) is -0.192. The lowest BCUT2D eigenvalue weighted by Gasteiger charge is -2.21. The van der Waals surface area contributed by atoms with Crippen LogP contribution >= 0.6 is 22.7 Å². The van der Waals surface area contributed by atoms with Crippen molar-refractivity contribution < 1.29 is 9.18 Å². The van der Waals surface area contributed by atoms with Crippen LogP contribution in [-0.4, -0.2) is 26.2 Å². The van der Waals surface area contributed by atoms with E-state index in [0.29, 0.717) is 6.42 Å². The number of nitrogens with zero attached hydrogens (tertiary/aromatic N) is 4. The van der Waals surface area contributed by atoms with Crippen molar-refractivity contribution in [3.63, 3.8) is 0 Å². The molecule has 6 nitrogen and oxygen atoms in total. The van der Waals surface area contributed by atoms with E-state index in [1.54, 1.807) is 22.7 Å². The highest BCUT2D eigenvalue weighted by Gasteiger charge is 2.34. The van der Waals surface area contributed by atoms with Crippen molar-refractivity contribution in [2.75, 3.05) is 0 Å². The Kier molecular flexibility index (Phi) is 4.76. The SMILES string of the molecule is O=C(Cn1cnc2cc(F)ccc2c1=O)N1N=C(c2cccs2)C[C@@H]1c1cccs1. The van der Waals surface area contributed by atoms with E-state index in [1.165, 1.54) is 34.1 Å². The Labute approximate surface area is 178 Å². The number of hydrogen-bond donors (Lipinski definition) is 0. The molecule has 4 aromatic rings. The van der Waals surface area contributed by atoms with E-state index in [4.69, 9.17) is 0 Å². The van der Waals surface area contributed by atoms with Gasteiger partial charge in [-0.3, -0.25) is 14.2 Å². The van der Waals surface area contributed by atoms with Gasteiger partial charge in [0.25, 0.3) is 11.5 Å². The van der Waals surface area contributed by atoms with Gasteiger partial charge in [-0.05, 0) is 35.0 Å². The summed E-state index contributed by atoms with van der Waals surface area (Å²) in [6.07, 6.45) is 1.90. The minimum absolute atomic E-state index is 0.192. The van der Waals surface area contributed by atoms with Crippen LogP contribution in [0.4, 0.5) is 4.39 Å². The van der Waals surface area contributed by atoms with E-state index in [1.807, 2.05) is 35.0 Å². The summed E-state index contributed by atoms with van der Waals surface area (Å²) in [5, 5.41) is 10.3. The summed E-state index contributed by atoms with van der Waals surface area (Å²) in [5.41, 5.74) is 0.734. The zero-order chi connectivity index (χ0) is 20.7. The topological polar surface area (TPSA) is 67.6 Å². The molecule has 1 amide bonds. The molecule has 30 heavy (non-hydrogen) atoms. The van der Waals surface area contributed by atoms with Crippen molar-refractivity contribution in [2.45, 2.75) is 19.0 Å². The molecule has 9 heteroatoms. The largest absolute Gasteiger partial charge is 0.289 e. The summed E-state index contributed by atoms with van der Waals surface area (Å²) in [6, 6.07) is 11.5. The molecule has 1 aromatic carbocycles. The van der Waals surface area contributed by atoms with Gasteiger partial charge in [-0.25, -0.2) is 14.4 Å². The fourth-order valence-electron chi connectivity index (χ4n) is 3.50. The number of rotatable bonds is 4. The number of aromatic nitrogens is 2. The normalized spacial score (nSPS) is 16.2. The predicted octanol–water partition coefficient (Wildman–Crippen LogP) is 4.04. The number of carbonyl (C=O) groups is 1. The minimum Gasteiger partial charge on any atom is -0.289 e. The Hall–Kier alpha value is -3.17. The van der Waals surface area contributed by atoms with Gasteiger partial charge in [0.05, 0.1) is 33.9 Å². The van der Waals surface area contributed by atoms with Crippen molar-refractivity contribution in [3.8, 4) is 0 Å². The molecule has 5 rings (SSSR count). The monoisotopic (exact) mass is 438 g/mol. The van der Waals surface area contributed by atoms with Gasteiger partial charge in [0.1, 0.15) is 12.4 Å². The number of fused-ring (bicyclic) bond motifs is 1. The summed E-state index contributed by atoms with van der Waals surface area (Å²) >= 11 is 3.15. The Bertz CT molecular complexity index is 1310. The molecule has 0 radical (unpaired) electrons. The van der Waals surface area contributed by atoms with Gasteiger partial charge in [0.2, 0.25) is 0 Å². The maximum Gasteiger partial charge on any atom is 0.263 e. The fraction of sp³-hybridized carbons (Fsp3) is 0.143. The molecule has 0 spiro atoms. The molecule has 0 N–H and O–H groups in total. The Morgan fingerprint density at radius 1 is 1.17 bits per heavy atom. The molecule has 1 atom stereocenters. The number of benzene rings is 1. The van der Waals surface area contributed by atoms with Gasteiger partial charge in [-0.15, -0.1) is 22.7 Å². The van der Waals surface area contributed by atoms with Crippen molar-refractivity contribution in [2.24, 2.45) is 5.10 Å². The molecule has 3 aromatic heterocycles. The Morgan fingerprint density at radius 3 is 2.77 bits per heavy atom. The van der Waals surface area contributed by atoms with Gasteiger partial charge >= 0.3 is 0 Å². The van der Waals surface area contributed by atoms with Gasteiger partial charge in [-0.1, -0.05) is 12.1 Å². The number of hydrazone groups is 1. The molecule has 0 saturated carbocycles. The zero-order valence-electron chi connectivity index (χ0n) is 15.6. The molecule has 4 heterocycles. The highest BCUT2D eigenvalue weighted by atomic mass is 32.1. The van der Waals surface area contributed by atoms with Crippen LogP contribution in [0.2, 0.25) is 0 Å². The van der Waals surface area contributed by atoms with Crippen molar-refractivity contribution in [1.82, 2.24) is 14.6 Å². The fourth-order valence-corrected chi connectivity index (χ4v) is 5.03. The van der Waals surface area contributed by atoms with Crippen molar-refractivity contribution >= 4 is 45.2 Å². The van der Waals surface area contributed by atoms with Gasteiger partial charge < -0.3 is 0 Å². The quantitative estimate of drug-likeness (QED) is 0.483. The van der Waals surface area contributed by atoms with Crippen LogP contribution < -0.4 is 5.56 Å². The third-order valence-electron chi connectivity index (χ3n) is 4.94. The maximum absolute atomic E-state index is 13.4. The second kappa shape index (κ2) is 7.58. The third kappa shape index (κ3) is 3.35. The molecular weight excluding hydrogens is 423 g/mol. The summed E-state index contributed by atoms with van der Waals surface area (Å²) in [5.74, 6) is -0.764. The minimum atomic E-state index is -0.463. The first-order valence-electron chi connectivity index (χ1n) is 9.21. The zero-order valence-corrected chi connectivity index (χ0v) is 17.2. The number of hydrogen-bond acceptors (Lipinski definition) is 6. The number of halogens is 1. The standard InChI is InChI=1S/C21H15FN4O2S2/c22-13-5-6-14-15(9-13)23-12-25(21(14)28)11-20(27)26-17(19-4-2-8-30-19)10-16(24-26)18-3-1-7-29-18/h1-9,12,17H,10-11H2/t17-/m1/s1. The number of carbonyl (C=O) groups excluding carboxylic acids is 1. The number of amides is 1. The van der Waals surface area contributed by atoms with E-state index < -0.39 is 5.82 Å². The van der Waals surface area contributed by atoms with Crippen LogP contribution in [0.3, 0.4) is 0 Å². The molecule has 1 aliphatic heterocycles. The molecule has 0 saturated heterocycles. The molecule has 150 valence electrons. The van der Waals surface area contributed by atoms with E-state index in [2.05, 4.69) is 10.1 Å². The highest BCUT2D eigenvalue weighted by Crippen LogP contribution is 2.36. The highest BCUT2D eigenvalue weighted by molar-refractivity contribution is 7.12. The molecular formula is C21H15FN4O2S2. The van der Waals surface area contributed by atoms with E-state index in [0.717, 1.165) is 15.5 Å². The van der Waals surface area contributed by atoms with Crippen LogP contribution in [0.1, 0.15) is 22.2 Å². The van der Waals surface area contributed by atoms with Gasteiger partial charge in [0, 0.05) is 17.4 Å². The summed E-state index contributed by atoms with van der Waals surface area (Å²) in [4.78, 5) is 32.1. The molecule has 0 fully saturated rings. The average molecular weight is 439 g/mol. The van der Waals surface area contributed by atoms with Crippen LogP contribution in [0.25, 0.3) is 10.9 Å². The molecule has 1 aliphatic rings. The van der Waals surface area contributed by atoms with Gasteiger partial charge in [-0.2, -0.15) is 5.10 Å². The first kappa shape index (κ1) is 18.8. The molecule has 0 bridgehead atoms.